The number of ether oxygens (including phenoxy) is 1. The van der Waals surface area contributed by atoms with Crippen LogP contribution in [-0.4, -0.2) is 47.7 Å². The monoisotopic (exact) mass is 269 g/mol. The summed E-state index contributed by atoms with van der Waals surface area (Å²) in [6.07, 6.45) is 3.35. The lowest BCUT2D eigenvalue weighted by Crippen LogP contribution is -2.38. The lowest BCUT2D eigenvalue weighted by Gasteiger charge is -2.35. The fraction of sp³-hybridized carbons (Fsp3) is 0.857. The van der Waals surface area contributed by atoms with E-state index in [4.69, 9.17) is 9.84 Å². The number of hydrogen-bond acceptors (Lipinski definition) is 3. The first-order valence-electron chi connectivity index (χ1n) is 7.07. The second-order valence-corrected chi connectivity index (χ2v) is 6.05. The molecule has 108 valence electrons. The van der Waals surface area contributed by atoms with Crippen molar-refractivity contribution in [2.45, 2.75) is 45.6 Å². The van der Waals surface area contributed by atoms with Crippen LogP contribution < -0.4 is 0 Å². The lowest BCUT2D eigenvalue weighted by atomic mass is 9.79. The predicted molar refractivity (Wildman–Crippen MR) is 69.7 cm³/mol. The third-order valence-corrected chi connectivity index (χ3v) is 4.40. The maximum Gasteiger partial charge on any atom is 0.311 e. The van der Waals surface area contributed by atoms with Crippen LogP contribution in [0.1, 0.15) is 39.5 Å². The Hall–Kier alpha value is -1.10. The Morgan fingerprint density at radius 2 is 2.11 bits per heavy atom. The molecule has 1 N–H and O–H groups in total. The van der Waals surface area contributed by atoms with E-state index in [2.05, 4.69) is 0 Å². The summed E-state index contributed by atoms with van der Waals surface area (Å²) in [6.45, 7) is 5.35. The van der Waals surface area contributed by atoms with Crippen molar-refractivity contribution in [3.63, 3.8) is 0 Å². The minimum atomic E-state index is -0.803. The molecule has 1 aliphatic carbocycles. The topological polar surface area (TPSA) is 66.8 Å². The summed E-state index contributed by atoms with van der Waals surface area (Å²) in [4.78, 5) is 25.0. The van der Waals surface area contributed by atoms with E-state index in [0.29, 0.717) is 38.0 Å². The third-order valence-electron chi connectivity index (χ3n) is 4.40. The largest absolute Gasteiger partial charge is 0.481 e. The zero-order valence-electron chi connectivity index (χ0n) is 11.7. The molecule has 19 heavy (non-hydrogen) atoms. The number of likely N-dealkylation sites (tertiary alicyclic amines) is 1. The molecule has 1 atom stereocenters. The summed E-state index contributed by atoms with van der Waals surface area (Å²) < 4.78 is 5.48. The van der Waals surface area contributed by atoms with Crippen molar-refractivity contribution in [3.05, 3.63) is 0 Å². The first kappa shape index (κ1) is 14.3. The number of carboxylic acids is 1. The number of aliphatic carboxylic acids is 1. The van der Waals surface area contributed by atoms with Crippen LogP contribution in [0.2, 0.25) is 0 Å². The molecule has 0 radical (unpaired) electrons. The van der Waals surface area contributed by atoms with Gasteiger partial charge in [0.25, 0.3) is 0 Å². The van der Waals surface area contributed by atoms with Gasteiger partial charge in [-0.25, -0.2) is 0 Å². The Labute approximate surface area is 113 Å². The van der Waals surface area contributed by atoms with E-state index in [1.165, 1.54) is 0 Å². The first-order valence-corrected chi connectivity index (χ1v) is 7.07. The Morgan fingerprint density at radius 1 is 1.42 bits per heavy atom. The van der Waals surface area contributed by atoms with Crippen LogP contribution in [0.4, 0.5) is 0 Å². The van der Waals surface area contributed by atoms with Gasteiger partial charge in [0.2, 0.25) is 5.91 Å². The predicted octanol–water partition coefficient (Wildman–Crippen LogP) is 1.51. The second-order valence-electron chi connectivity index (χ2n) is 6.05. The van der Waals surface area contributed by atoms with Crippen molar-refractivity contribution in [1.82, 2.24) is 4.90 Å². The van der Waals surface area contributed by atoms with E-state index in [0.717, 1.165) is 19.4 Å². The van der Waals surface area contributed by atoms with Crippen LogP contribution in [0, 0.1) is 11.3 Å². The fourth-order valence-corrected chi connectivity index (χ4v) is 2.94. The molecule has 1 saturated carbocycles. The van der Waals surface area contributed by atoms with Gasteiger partial charge in [0, 0.05) is 26.1 Å². The minimum Gasteiger partial charge on any atom is -0.481 e. The molecule has 1 amide bonds. The van der Waals surface area contributed by atoms with Gasteiger partial charge in [-0.15, -0.1) is 0 Å². The number of amides is 1. The van der Waals surface area contributed by atoms with E-state index in [-0.39, 0.29) is 5.91 Å². The molecule has 0 spiro atoms. The number of hydrogen-bond donors (Lipinski definition) is 1. The van der Waals surface area contributed by atoms with Crippen molar-refractivity contribution in [3.8, 4) is 0 Å². The summed E-state index contributed by atoms with van der Waals surface area (Å²) in [5, 5.41) is 9.15. The first-order chi connectivity index (χ1) is 8.94. The highest BCUT2D eigenvalue weighted by molar-refractivity contribution is 5.80. The van der Waals surface area contributed by atoms with Gasteiger partial charge in [0.1, 0.15) is 0 Å². The highest BCUT2D eigenvalue weighted by Gasteiger charge is 2.43. The Bertz CT molecular complexity index is 364. The minimum absolute atomic E-state index is 0.102. The zero-order valence-corrected chi connectivity index (χ0v) is 11.7. The van der Waals surface area contributed by atoms with Gasteiger partial charge in [0.15, 0.2) is 0 Å². The van der Waals surface area contributed by atoms with Crippen LogP contribution >= 0.6 is 0 Å². The van der Waals surface area contributed by atoms with Crippen LogP contribution in [0.25, 0.3) is 0 Å². The van der Waals surface area contributed by atoms with Crippen molar-refractivity contribution in [2.24, 2.45) is 11.3 Å². The molecule has 2 fully saturated rings. The van der Waals surface area contributed by atoms with Crippen LogP contribution in [-0.2, 0) is 14.3 Å². The molecule has 5 nitrogen and oxygen atoms in total. The van der Waals surface area contributed by atoms with Crippen molar-refractivity contribution in [1.29, 1.82) is 0 Å². The van der Waals surface area contributed by atoms with Gasteiger partial charge in [-0.3, -0.25) is 9.59 Å². The summed E-state index contributed by atoms with van der Waals surface area (Å²) in [6, 6.07) is 0. The highest BCUT2D eigenvalue weighted by Crippen LogP contribution is 2.35. The molecule has 1 unspecified atom stereocenters. The standard InChI is InChI=1S/C14H23NO4/c1-3-19-11-6-10(7-11)8-12(16)15-5-4-14(2,9-15)13(17)18/h10-11H,3-9H2,1-2H3,(H,17,18). The number of carbonyl (C=O) groups excluding carboxylic acids is 1. The Balaban J connectivity index is 1.75. The molecule has 0 bridgehead atoms. The molecular formula is C14H23NO4. The van der Waals surface area contributed by atoms with Crippen molar-refractivity contribution in [2.75, 3.05) is 19.7 Å². The molecule has 1 aliphatic heterocycles. The van der Waals surface area contributed by atoms with Gasteiger partial charge in [-0.05, 0) is 39.0 Å². The SMILES string of the molecule is CCOC1CC(CC(=O)N2CCC(C)(C(=O)O)C2)C1. The highest BCUT2D eigenvalue weighted by atomic mass is 16.5. The number of rotatable bonds is 5. The molecule has 0 aromatic carbocycles. The quantitative estimate of drug-likeness (QED) is 0.821. The van der Waals surface area contributed by atoms with Gasteiger partial charge >= 0.3 is 5.97 Å². The van der Waals surface area contributed by atoms with Crippen molar-refractivity contribution < 1.29 is 19.4 Å². The van der Waals surface area contributed by atoms with Gasteiger partial charge in [-0.2, -0.15) is 0 Å². The molecule has 0 aromatic rings. The normalized spacial score (nSPS) is 34.1. The number of carboxylic acid groups (broad SMARTS) is 1. The summed E-state index contributed by atoms with van der Waals surface area (Å²) in [5.74, 6) is -0.284. The molecule has 1 saturated heterocycles. The van der Waals surface area contributed by atoms with Crippen LogP contribution in [0.5, 0.6) is 0 Å². The van der Waals surface area contributed by atoms with E-state index in [1.807, 2.05) is 6.92 Å². The Morgan fingerprint density at radius 3 is 2.63 bits per heavy atom. The van der Waals surface area contributed by atoms with E-state index in [1.54, 1.807) is 11.8 Å². The third kappa shape index (κ3) is 3.08. The summed E-state index contributed by atoms with van der Waals surface area (Å²) in [5.41, 5.74) is -0.761. The average Bonchev–Trinajstić information content (AvgIpc) is 2.70. The molecule has 2 rings (SSSR count). The molecule has 1 heterocycles. The number of nitrogens with zero attached hydrogens (tertiary/aromatic N) is 1. The molecule has 5 heteroatoms. The molecular weight excluding hydrogens is 246 g/mol. The van der Waals surface area contributed by atoms with E-state index >= 15 is 0 Å². The van der Waals surface area contributed by atoms with E-state index < -0.39 is 11.4 Å². The fourth-order valence-electron chi connectivity index (χ4n) is 2.94. The van der Waals surface area contributed by atoms with Gasteiger partial charge < -0.3 is 14.7 Å². The Kier molecular flexibility index (Phi) is 4.13. The lowest BCUT2D eigenvalue weighted by molar-refractivity contribution is -0.147. The average molecular weight is 269 g/mol. The second kappa shape index (κ2) is 5.49. The van der Waals surface area contributed by atoms with E-state index in [9.17, 15) is 9.59 Å². The van der Waals surface area contributed by atoms with Crippen LogP contribution in [0.3, 0.4) is 0 Å². The molecule has 0 aromatic heterocycles. The summed E-state index contributed by atoms with van der Waals surface area (Å²) >= 11 is 0. The zero-order chi connectivity index (χ0) is 14.0. The van der Waals surface area contributed by atoms with Crippen molar-refractivity contribution >= 4 is 11.9 Å². The smallest absolute Gasteiger partial charge is 0.311 e. The van der Waals surface area contributed by atoms with Crippen LogP contribution in [0.15, 0.2) is 0 Å². The molecule has 2 aliphatic rings. The van der Waals surface area contributed by atoms with Gasteiger partial charge in [0.05, 0.1) is 11.5 Å². The van der Waals surface area contributed by atoms with Gasteiger partial charge in [-0.1, -0.05) is 0 Å². The number of carbonyl (C=O) groups is 2. The maximum atomic E-state index is 12.1. The summed E-state index contributed by atoms with van der Waals surface area (Å²) in [7, 11) is 0. The maximum absolute atomic E-state index is 12.1.